The van der Waals surface area contributed by atoms with Gasteiger partial charge >= 0.3 is 0 Å². The number of morpholine rings is 1. The summed E-state index contributed by atoms with van der Waals surface area (Å²) < 4.78 is 6.08. The van der Waals surface area contributed by atoms with Gasteiger partial charge in [0.2, 0.25) is 0 Å². The Hall–Kier alpha value is -2.12. The van der Waals surface area contributed by atoms with Crippen LogP contribution in [0.3, 0.4) is 0 Å². The Morgan fingerprint density at radius 1 is 1.18 bits per heavy atom. The second kappa shape index (κ2) is 6.33. The summed E-state index contributed by atoms with van der Waals surface area (Å²) in [6.07, 6.45) is 2.60. The molecule has 0 spiro atoms. The molecule has 2 aromatic rings. The molecule has 1 aromatic heterocycles. The third-order valence-electron chi connectivity index (χ3n) is 4.31. The number of pyridine rings is 1. The van der Waals surface area contributed by atoms with Gasteiger partial charge in [0.15, 0.2) is 0 Å². The number of fused-ring (bicyclic) bond motifs is 1. The van der Waals surface area contributed by atoms with E-state index in [9.17, 15) is 0 Å². The lowest BCUT2D eigenvalue weighted by Gasteiger charge is -2.39. The Bertz CT molecular complexity index is 695. The molecule has 4 heteroatoms. The van der Waals surface area contributed by atoms with E-state index in [1.165, 1.54) is 5.69 Å². The topological polar surface area (TPSA) is 49.2 Å². The second-order valence-electron chi connectivity index (χ2n) is 5.75. The molecule has 0 N–H and O–H groups in total. The van der Waals surface area contributed by atoms with Gasteiger partial charge in [-0.3, -0.25) is 0 Å². The zero-order valence-corrected chi connectivity index (χ0v) is 13.1. The first-order valence-electron chi connectivity index (χ1n) is 7.95. The number of rotatable bonds is 3. The van der Waals surface area contributed by atoms with Gasteiger partial charge in [-0.25, -0.2) is 4.98 Å². The number of hydrogen-bond donors (Lipinski definition) is 0. The predicted octanol–water partition coefficient (Wildman–Crippen LogP) is 3.50. The highest BCUT2D eigenvalue weighted by Gasteiger charge is 2.26. The molecular weight excluding hydrogens is 274 g/mol. The van der Waals surface area contributed by atoms with Crippen LogP contribution in [0.2, 0.25) is 0 Å². The molecule has 3 rings (SSSR count). The van der Waals surface area contributed by atoms with Gasteiger partial charge in [0, 0.05) is 24.2 Å². The Morgan fingerprint density at radius 3 is 2.55 bits per heavy atom. The van der Waals surface area contributed by atoms with Crippen molar-refractivity contribution in [3.05, 3.63) is 36.0 Å². The molecule has 22 heavy (non-hydrogen) atoms. The second-order valence-corrected chi connectivity index (χ2v) is 5.75. The quantitative estimate of drug-likeness (QED) is 0.869. The lowest BCUT2D eigenvalue weighted by atomic mass is 10.1. The molecule has 0 unspecified atom stereocenters. The molecule has 1 saturated heterocycles. The lowest BCUT2D eigenvalue weighted by molar-refractivity contribution is -0.0284. The van der Waals surface area contributed by atoms with Gasteiger partial charge in [-0.2, -0.15) is 5.26 Å². The largest absolute Gasteiger partial charge is 0.371 e. The van der Waals surface area contributed by atoms with Crippen LogP contribution >= 0.6 is 0 Å². The third kappa shape index (κ3) is 2.77. The minimum atomic E-state index is 0.278. The molecule has 2 atom stereocenters. The Balaban J connectivity index is 2.00. The van der Waals surface area contributed by atoms with E-state index in [1.807, 2.05) is 18.2 Å². The molecule has 0 radical (unpaired) electrons. The number of aromatic nitrogens is 1. The number of anilines is 1. The fourth-order valence-electron chi connectivity index (χ4n) is 3.05. The van der Waals surface area contributed by atoms with Crippen LogP contribution in [0.4, 0.5) is 5.69 Å². The van der Waals surface area contributed by atoms with E-state index in [4.69, 9.17) is 10.00 Å². The lowest BCUT2D eigenvalue weighted by Crippen LogP contribution is -2.47. The first-order valence-corrected chi connectivity index (χ1v) is 7.95. The zero-order chi connectivity index (χ0) is 15.5. The van der Waals surface area contributed by atoms with E-state index < -0.39 is 0 Å². The maximum atomic E-state index is 9.01. The average Bonchev–Trinajstić information content (AvgIpc) is 2.60. The normalized spacial score (nSPS) is 21.8. The highest BCUT2D eigenvalue weighted by molar-refractivity contribution is 5.92. The van der Waals surface area contributed by atoms with Crippen molar-refractivity contribution in [2.75, 3.05) is 18.0 Å². The van der Waals surface area contributed by atoms with E-state index in [0.29, 0.717) is 5.69 Å². The number of hydrogen-bond acceptors (Lipinski definition) is 4. The monoisotopic (exact) mass is 295 g/mol. The SMILES string of the molecule is CC[C@@H]1CN(c2cccc3nc(C#N)ccc23)C[C@H](CC)O1. The van der Waals surface area contributed by atoms with Crippen LogP contribution in [0.25, 0.3) is 10.9 Å². The first kappa shape index (κ1) is 14.8. The van der Waals surface area contributed by atoms with Gasteiger partial charge in [-0.15, -0.1) is 0 Å². The van der Waals surface area contributed by atoms with Gasteiger partial charge < -0.3 is 9.64 Å². The van der Waals surface area contributed by atoms with Crippen molar-refractivity contribution >= 4 is 16.6 Å². The van der Waals surface area contributed by atoms with Crippen LogP contribution in [0.5, 0.6) is 0 Å². The molecule has 1 fully saturated rings. The van der Waals surface area contributed by atoms with Gasteiger partial charge in [0.25, 0.3) is 0 Å². The molecule has 0 aliphatic carbocycles. The number of ether oxygens (including phenoxy) is 1. The summed E-state index contributed by atoms with van der Waals surface area (Å²) in [6, 6.07) is 12.0. The van der Waals surface area contributed by atoms with Crippen LogP contribution in [0.1, 0.15) is 32.4 Å². The molecule has 1 aliphatic heterocycles. The van der Waals surface area contributed by atoms with Crippen molar-refractivity contribution in [2.45, 2.75) is 38.9 Å². The van der Waals surface area contributed by atoms with Gasteiger partial charge in [0.05, 0.1) is 17.7 Å². The van der Waals surface area contributed by atoms with Crippen molar-refractivity contribution in [2.24, 2.45) is 0 Å². The first-order chi connectivity index (χ1) is 10.7. The minimum Gasteiger partial charge on any atom is -0.371 e. The van der Waals surface area contributed by atoms with E-state index in [2.05, 4.69) is 35.9 Å². The van der Waals surface area contributed by atoms with E-state index in [-0.39, 0.29) is 12.2 Å². The highest BCUT2D eigenvalue weighted by Crippen LogP contribution is 2.29. The van der Waals surface area contributed by atoms with Crippen molar-refractivity contribution < 1.29 is 4.74 Å². The summed E-state index contributed by atoms with van der Waals surface area (Å²) >= 11 is 0. The van der Waals surface area contributed by atoms with Crippen LogP contribution in [-0.2, 0) is 4.74 Å². The van der Waals surface area contributed by atoms with Crippen molar-refractivity contribution in [1.82, 2.24) is 4.98 Å². The standard InChI is InChI=1S/C18H21N3O/c1-3-14-11-21(12-15(4-2)22-14)18-7-5-6-17-16(18)9-8-13(10-19)20-17/h5-9,14-15H,3-4,11-12H2,1-2H3/t14-,15+. The molecular formula is C18H21N3O. The van der Waals surface area contributed by atoms with Crippen LogP contribution < -0.4 is 4.90 Å². The van der Waals surface area contributed by atoms with Crippen molar-refractivity contribution in [3.63, 3.8) is 0 Å². The van der Waals surface area contributed by atoms with E-state index >= 15 is 0 Å². The van der Waals surface area contributed by atoms with Crippen molar-refractivity contribution in [3.8, 4) is 6.07 Å². The molecule has 1 aromatic carbocycles. The molecule has 2 heterocycles. The van der Waals surface area contributed by atoms with E-state index in [0.717, 1.165) is 36.8 Å². The van der Waals surface area contributed by atoms with Crippen LogP contribution in [0, 0.1) is 11.3 Å². The Labute approximate surface area is 131 Å². The van der Waals surface area contributed by atoms with Crippen LogP contribution in [0.15, 0.2) is 30.3 Å². The fourth-order valence-corrected chi connectivity index (χ4v) is 3.05. The number of benzene rings is 1. The molecule has 114 valence electrons. The molecule has 4 nitrogen and oxygen atoms in total. The summed E-state index contributed by atoms with van der Waals surface area (Å²) in [5, 5.41) is 10.1. The maximum Gasteiger partial charge on any atom is 0.141 e. The summed E-state index contributed by atoms with van der Waals surface area (Å²) in [5.74, 6) is 0. The molecule has 1 aliphatic rings. The minimum absolute atomic E-state index is 0.278. The highest BCUT2D eigenvalue weighted by atomic mass is 16.5. The average molecular weight is 295 g/mol. The smallest absolute Gasteiger partial charge is 0.141 e. The Morgan fingerprint density at radius 2 is 1.91 bits per heavy atom. The summed E-state index contributed by atoms with van der Waals surface area (Å²) in [7, 11) is 0. The molecule has 0 bridgehead atoms. The maximum absolute atomic E-state index is 9.01. The predicted molar refractivity (Wildman–Crippen MR) is 87.9 cm³/mol. The summed E-state index contributed by atoms with van der Waals surface area (Å²) in [6.45, 7) is 6.16. The third-order valence-corrected chi connectivity index (χ3v) is 4.31. The van der Waals surface area contributed by atoms with Gasteiger partial charge in [-0.1, -0.05) is 19.9 Å². The number of nitriles is 1. The zero-order valence-electron chi connectivity index (χ0n) is 13.1. The Kier molecular flexibility index (Phi) is 4.26. The fraction of sp³-hybridized carbons (Fsp3) is 0.444. The van der Waals surface area contributed by atoms with Gasteiger partial charge in [0.1, 0.15) is 11.8 Å². The van der Waals surface area contributed by atoms with Crippen molar-refractivity contribution in [1.29, 1.82) is 5.26 Å². The van der Waals surface area contributed by atoms with Gasteiger partial charge in [-0.05, 0) is 37.1 Å². The van der Waals surface area contributed by atoms with Crippen LogP contribution in [-0.4, -0.2) is 30.3 Å². The summed E-state index contributed by atoms with van der Waals surface area (Å²) in [4.78, 5) is 6.81. The summed E-state index contributed by atoms with van der Waals surface area (Å²) in [5.41, 5.74) is 2.53. The number of nitrogens with zero attached hydrogens (tertiary/aromatic N) is 3. The molecule has 0 amide bonds. The molecule has 0 saturated carbocycles. The van der Waals surface area contributed by atoms with E-state index in [1.54, 1.807) is 6.07 Å².